The van der Waals surface area contributed by atoms with E-state index in [2.05, 4.69) is 5.32 Å². The normalized spacial score (nSPS) is 22.1. The lowest BCUT2D eigenvalue weighted by molar-refractivity contribution is -0.141. The SMILES string of the molecule is CC(O)C(NC(=O)N(CC1CC1)C1CC1)C(=O)O. The molecule has 2 atom stereocenters. The Morgan fingerprint density at radius 3 is 2.33 bits per heavy atom. The number of nitrogens with one attached hydrogen (secondary N) is 1. The van der Waals surface area contributed by atoms with Crippen LogP contribution in [0.4, 0.5) is 4.79 Å². The molecule has 2 amide bonds. The minimum Gasteiger partial charge on any atom is -0.480 e. The summed E-state index contributed by atoms with van der Waals surface area (Å²) in [5.41, 5.74) is 0. The number of rotatable bonds is 6. The van der Waals surface area contributed by atoms with Gasteiger partial charge in [0.05, 0.1) is 6.10 Å². The third kappa shape index (κ3) is 3.35. The van der Waals surface area contributed by atoms with Crippen molar-refractivity contribution in [3.05, 3.63) is 0 Å². The smallest absolute Gasteiger partial charge is 0.328 e. The zero-order chi connectivity index (χ0) is 13.3. The van der Waals surface area contributed by atoms with E-state index in [1.54, 1.807) is 4.90 Å². The molecule has 102 valence electrons. The van der Waals surface area contributed by atoms with E-state index >= 15 is 0 Å². The highest BCUT2D eigenvalue weighted by atomic mass is 16.4. The standard InChI is InChI=1S/C12H20N2O4/c1-7(15)10(11(16)17)13-12(18)14(9-4-5-9)6-8-2-3-8/h7-10,15H,2-6H2,1H3,(H,13,18)(H,16,17). The van der Waals surface area contributed by atoms with Crippen LogP contribution in [0.5, 0.6) is 0 Å². The number of carbonyl (C=O) groups excluding carboxylic acids is 1. The van der Waals surface area contributed by atoms with Crippen molar-refractivity contribution in [3.8, 4) is 0 Å². The predicted molar refractivity (Wildman–Crippen MR) is 64.1 cm³/mol. The molecule has 2 rings (SSSR count). The highest BCUT2D eigenvalue weighted by molar-refractivity contribution is 5.83. The second-order valence-corrected chi connectivity index (χ2v) is 5.33. The average molecular weight is 256 g/mol. The number of carboxylic acids is 1. The van der Waals surface area contributed by atoms with E-state index in [1.807, 2.05) is 0 Å². The lowest BCUT2D eigenvalue weighted by atomic mass is 10.2. The number of hydrogen-bond acceptors (Lipinski definition) is 3. The van der Waals surface area contributed by atoms with Crippen molar-refractivity contribution in [2.45, 2.75) is 50.8 Å². The van der Waals surface area contributed by atoms with E-state index in [1.165, 1.54) is 6.92 Å². The quantitative estimate of drug-likeness (QED) is 0.642. The van der Waals surface area contributed by atoms with Gasteiger partial charge in [0.2, 0.25) is 0 Å². The van der Waals surface area contributed by atoms with Gasteiger partial charge in [-0.05, 0) is 38.5 Å². The van der Waals surface area contributed by atoms with Crippen LogP contribution < -0.4 is 5.32 Å². The first-order chi connectivity index (χ1) is 8.49. The van der Waals surface area contributed by atoms with E-state index in [-0.39, 0.29) is 12.1 Å². The minimum absolute atomic E-state index is 0.258. The Hall–Kier alpha value is -1.30. The molecule has 2 saturated carbocycles. The van der Waals surface area contributed by atoms with Crippen LogP contribution in [0.25, 0.3) is 0 Å². The Morgan fingerprint density at radius 2 is 1.94 bits per heavy atom. The van der Waals surface area contributed by atoms with Crippen molar-refractivity contribution >= 4 is 12.0 Å². The van der Waals surface area contributed by atoms with Crippen molar-refractivity contribution in [1.82, 2.24) is 10.2 Å². The van der Waals surface area contributed by atoms with Crippen molar-refractivity contribution in [2.75, 3.05) is 6.54 Å². The van der Waals surface area contributed by atoms with Gasteiger partial charge >= 0.3 is 12.0 Å². The number of aliphatic carboxylic acids is 1. The second kappa shape index (κ2) is 5.14. The average Bonchev–Trinajstić information content (AvgIpc) is 3.13. The van der Waals surface area contributed by atoms with Crippen molar-refractivity contribution in [3.63, 3.8) is 0 Å². The van der Waals surface area contributed by atoms with E-state index in [4.69, 9.17) is 5.11 Å². The topological polar surface area (TPSA) is 89.9 Å². The molecule has 2 unspecified atom stereocenters. The summed E-state index contributed by atoms with van der Waals surface area (Å²) in [4.78, 5) is 24.7. The molecule has 0 aromatic rings. The lowest BCUT2D eigenvalue weighted by Gasteiger charge is -2.26. The van der Waals surface area contributed by atoms with E-state index < -0.39 is 18.1 Å². The van der Waals surface area contributed by atoms with Crippen LogP contribution >= 0.6 is 0 Å². The number of carboxylic acid groups (broad SMARTS) is 1. The largest absolute Gasteiger partial charge is 0.480 e. The fraction of sp³-hybridized carbons (Fsp3) is 0.833. The summed E-state index contributed by atoms with van der Waals surface area (Å²) < 4.78 is 0. The molecule has 6 heteroatoms. The summed E-state index contributed by atoms with van der Waals surface area (Å²) in [6.07, 6.45) is 3.18. The van der Waals surface area contributed by atoms with Gasteiger partial charge in [0.1, 0.15) is 0 Å². The summed E-state index contributed by atoms with van der Waals surface area (Å²) >= 11 is 0. The number of amides is 2. The Balaban J connectivity index is 1.92. The molecule has 0 radical (unpaired) electrons. The molecule has 6 nitrogen and oxygen atoms in total. The molecule has 2 aliphatic carbocycles. The van der Waals surface area contributed by atoms with Crippen molar-refractivity contribution in [1.29, 1.82) is 0 Å². The molecule has 2 aliphatic rings. The molecule has 0 aliphatic heterocycles. The maximum absolute atomic E-state index is 12.0. The van der Waals surface area contributed by atoms with Crippen LogP contribution in [0.3, 0.4) is 0 Å². The van der Waals surface area contributed by atoms with Crippen LogP contribution in [0.1, 0.15) is 32.6 Å². The Morgan fingerprint density at radius 1 is 1.33 bits per heavy atom. The molecule has 0 spiro atoms. The zero-order valence-corrected chi connectivity index (χ0v) is 10.5. The van der Waals surface area contributed by atoms with E-state index in [0.29, 0.717) is 12.5 Å². The van der Waals surface area contributed by atoms with Crippen LogP contribution in [-0.2, 0) is 4.79 Å². The number of aliphatic hydroxyl groups excluding tert-OH is 1. The maximum Gasteiger partial charge on any atom is 0.328 e. The third-order valence-electron chi connectivity index (χ3n) is 3.43. The fourth-order valence-corrected chi connectivity index (χ4v) is 1.97. The summed E-state index contributed by atoms with van der Waals surface area (Å²) in [7, 11) is 0. The van der Waals surface area contributed by atoms with E-state index in [9.17, 15) is 14.7 Å². The number of nitrogens with zero attached hydrogens (tertiary/aromatic N) is 1. The molecular formula is C12H20N2O4. The minimum atomic E-state index is -1.24. The molecular weight excluding hydrogens is 236 g/mol. The summed E-state index contributed by atoms with van der Waals surface area (Å²) in [5, 5.41) is 20.7. The highest BCUT2D eigenvalue weighted by Crippen LogP contribution is 2.34. The first kappa shape index (κ1) is 13.1. The van der Waals surface area contributed by atoms with Crippen LogP contribution in [-0.4, -0.2) is 51.8 Å². The van der Waals surface area contributed by atoms with Gasteiger partial charge in [0.15, 0.2) is 6.04 Å². The van der Waals surface area contributed by atoms with E-state index in [0.717, 1.165) is 25.7 Å². The molecule has 0 heterocycles. The van der Waals surface area contributed by atoms with Gasteiger partial charge in [-0.25, -0.2) is 9.59 Å². The molecule has 0 aromatic heterocycles. The molecule has 0 aromatic carbocycles. The summed E-state index contributed by atoms with van der Waals surface area (Å²) in [6.45, 7) is 2.07. The third-order valence-corrected chi connectivity index (χ3v) is 3.43. The van der Waals surface area contributed by atoms with Crippen molar-refractivity contribution in [2.24, 2.45) is 5.92 Å². The summed E-state index contributed by atoms with van der Waals surface area (Å²) in [6, 6.07) is -1.34. The number of urea groups is 1. The Bertz CT molecular complexity index is 337. The monoisotopic (exact) mass is 256 g/mol. The molecule has 0 bridgehead atoms. The van der Waals surface area contributed by atoms with Gasteiger partial charge in [-0.15, -0.1) is 0 Å². The molecule has 3 N–H and O–H groups in total. The maximum atomic E-state index is 12.0. The van der Waals surface area contributed by atoms with Gasteiger partial charge in [0, 0.05) is 12.6 Å². The van der Waals surface area contributed by atoms with Gasteiger partial charge < -0.3 is 20.4 Å². The van der Waals surface area contributed by atoms with Gasteiger partial charge in [-0.1, -0.05) is 0 Å². The number of hydrogen-bond donors (Lipinski definition) is 3. The first-order valence-electron chi connectivity index (χ1n) is 6.47. The van der Waals surface area contributed by atoms with Gasteiger partial charge in [-0.3, -0.25) is 0 Å². The van der Waals surface area contributed by atoms with Crippen LogP contribution in [0, 0.1) is 5.92 Å². The number of aliphatic hydroxyl groups is 1. The number of carbonyl (C=O) groups is 2. The zero-order valence-electron chi connectivity index (χ0n) is 10.5. The molecule has 18 heavy (non-hydrogen) atoms. The van der Waals surface area contributed by atoms with Crippen molar-refractivity contribution < 1.29 is 19.8 Å². The fourth-order valence-electron chi connectivity index (χ4n) is 1.97. The highest BCUT2D eigenvalue weighted by Gasteiger charge is 2.38. The summed E-state index contributed by atoms with van der Waals surface area (Å²) in [5.74, 6) is -0.633. The first-order valence-corrected chi connectivity index (χ1v) is 6.47. The molecule has 0 saturated heterocycles. The second-order valence-electron chi connectivity index (χ2n) is 5.33. The Labute approximate surface area is 106 Å². The van der Waals surface area contributed by atoms with Gasteiger partial charge in [0.25, 0.3) is 0 Å². The van der Waals surface area contributed by atoms with Crippen LogP contribution in [0.15, 0.2) is 0 Å². The van der Waals surface area contributed by atoms with Gasteiger partial charge in [-0.2, -0.15) is 0 Å². The predicted octanol–water partition coefficient (Wildman–Crippen LogP) is 0.404. The molecule has 2 fully saturated rings. The Kier molecular flexibility index (Phi) is 3.75. The lowest BCUT2D eigenvalue weighted by Crippen LogP contribution is -2.53. The van der Waals surface area contributed by atoms with Crippen LogP contribution in [0.2, 0.25) is 0 Å².